The Hall–Kier alpha value is -2.46. The quantitative estimate of drug-likeness (QED) is 0.668. The van der Waals surface area contributed by atoms with E-state index in [9.17, 15) is 0 Å². The van der Waals surface area contributed by atoms with Crippen molar-refractivity contribution in [3.05, 3.63) is 83.4 Å². The van der Waals surface area contributed by atoms with E-state index >= 15 is 0 Å². The number of aromatic nitrogens is 3. The zero-order chi connectivity index (χ0) is 16.8. The number of pyridine rings is 1. The van der Waals surface area contributed by atoms with Gasteiger partial charge in [-0.3, -0.25) is 14.6 Å². The summed E-state index contributed by atoms with van der Waals surface area (Å²) in [6.07, 6.45) is 6.82. The van der Waals surface area contributed by atoms with E-state index in [1.165, 1.54) is 16.7 Å². The minimum absolute atomic E-state index is 0.810. The van der Waals surface area contributed by atoms with Gasteiger partial charge in [-0.25, -0.2) is 0 Å². The second kappa shape index (κ2) is 7.88. The molecule has 4 heteroatoms. The van der Waals surface area contributed by atoms with Crippen LogP contribution in [0.3, 0.4) is 0 Å². The Morgan fingerprint density at radius 1 is 1.00 bits per heavy atom. The van der Waals surface area contributed by atoms with E-state index in [4.69, 9.17) is 0 Å². The maximum atomic E-state index is 4.55. The molecule has 0 aliphatic carbocycles. The van der Waals surface area contributed by atoms with Gasteiger partial charge in [-0.05, 0) is 42.3 Å². The van der Waals surface area contributed by atoms with Crippen molar-refractivity contribution in [2.45, 2.75) is 33.0 Å². The first-order valence-electron chi connectivity index (χ1n) is 8.40. The average molecular weight is 320 g/mol. The molecular weight excluding hydrogens is 296 g/mol. The van der Waals surface area contributed by atoms with Crippen LogP contribution in [0.25, 0.3) is 0 Å². The average Bonchev–Trinajstić information content (AvgIpc) is 3.09. The summed E-state index contributed by atoms with van der Waals surface area (Å²) in [4.78, 5) is 6.84. The van der Waals surface area contributed by atoms with Gasteiger partial charge in [-0.15, -0.1) is 0 Å². The summed E-state index contributed by atoms with van der Waals surface area (Å²) in [5.74, 6) is 0. The number of nitrogens with zero attached hydrogens (tertiary/aromatic N) is 4. The molecule has 0 N–H and O–H groups in total. The van der Waals surface area contributed by atoms with Crippen LogP contribution in [-0.2, 0) is 26.1 Å². The molecule has 0 fully saturated rings. The van der Waals surface area contributed by atoms with E-state index < -0.39 is 0 Å². The second-order valence-electron chi connectivity index (χ2n) is 6.21. The van der Waals surface area contributed by atoms with Crippen LogP contribution in [0.5, 0.6) is 0 Å². The fraction of sp³-hybridized carbons (Fsp3) is 0.300. The van der Waals surface area contributed by atoms with Crippen molar-refractivity contribution in [2.24, 2.45) is 0 Å². The summed E-state index contributed by atoms with van der Waals surface area (Å²) in [6, 6.07) is 15.0. The molecule has 0 spiro atoms. The molecule has 24 heavy (non-hydrogen) atoms. The summed E-state index contributed by atoms with van der Waals surface area (Å²) in [7, 11) is 2.13. The van der Waals surface area contributed by atoms with E-state index in [0.29, 0.717) is 0 Å². The molecule has 0 aliphatic rings. The molecule has 0 bridgehead atoms. The molecule has 2 aromatic heterocycles. The third-order valence-electron chi connectivity index (χ3n) is 4.07. The molecule has 0 atom stereocenters. The molecule has 3 rings (SSSR count). The first-order chi connectivity index (χ1) is 11.7. The third-order valence-corrected chi connectivity index (χ3v) is 4.07. The van der Waals surface area contributed by atoms with Crippen molar-refractivity contribution in [1.82, 2.24) is 19.7 Å². The number of hydrogen-bond acceptors (Lipinski definition) is 3. The predicted molar refractivity (Wildman–Crippen MR) is 96.6 cm³/mol. The highest BCUT2D eigenvalue weighted by Gasteiger charge is 2.04. The molecule has 2 heterocycles. The Morgan fingerprint density at radius 3 is 2.58 bits per heavy atom. The first kappa shape index (κ1) is 16.4. The molecule has 0 saturated carbocycles. The monoisotopic (exact) mass is 320 g/mol. The van der Waals surface area contributed by atoms with Crippen LogP contribution in [0.2, 0.25) is 0 Å². The Labute approximate surface area is 143 Å². The Morgan fingerprint density at radius 2 is 1.88 bits per heavy atom. The third kappa shape index (κ3) is 4.52. The van der Waals surface area contributed by atoms with Gasteiger partial charge < -0.3 is 0 Å². The van der Waals surface area contributed by atoms with Crippen molar-refractivity contribution in [3.63, 3.8) is 0 Å². The van der Waals surface area contributed by atoms with Gasteiger partial charge in [-0.2, -0.15) is 5.10 Å². The lowest BCUT2D eigenvalue weighted by atomic mass is 10.1. The lowest BCUT2D eigenvalue weighted by Crippen LogP contribution is -2.18. The van der Waals surface area contributed by atoms with Crippen LogP contribution in [0.1, 0.15) is 29.3 Å². The second-order valence-corrected chi connectivity index (χ2v) is 6.21. The lowest BCUT2D eigenvalue weighted by molar-refractivity contribution is 0.315. The number of hydrogen-bond donors (Lipinski definition) is 0. The number of rotatable bonds is 7. The SMILES string of the molecule is CCc1ccc(CN(C)Cc2cccc(Cn3cccn3)c2)nc1. The molecule has 4 nitrogen and oxygen atoms in total. The Balaban J connectivity index is 1.60. The number of aryl methyl sites for hydroxylation is 1. The van der Waals surface area contributed by atoms with Gasteiger partial charge in [0, 0.05) is 31.7 Å². The molecule has 0 unspecified atom stereocenters. The molecule has 3 aromatic rings. The van der Waals surface area contributed by atoms with Crippen molar-refractivity contribution in [1.29, 1.82) is 0 Å². The Bertz CT molecular complexity index is 748. The first-order valence-corrected chi connectivity index (χ1v) is 8.40. The van der Waals surface area contributed by atoms with E-state index in [-0.39, 0.29) is 0 Å². The smallest absolute Gasteiger partial charge is 0.0659 e. The standard InChI is InChI=1S/C20H24N4/c1-3-17-8-9-20(21-13-17)16-23(2)14-18-6-4-7-19(12-18)15-24-11-5-10-22-24/h4-13H,3,14-16H2,1-2H3. The highest BCUT2D eigenvalue weighted by atomic mass is 15.3. The minimum atomic E-state index is 0.810. The highest BCUT2D eigenvalue weighted by Crippen LogP contribution is 2.11. The fourth-order valence-electron chi connectivity index (χ4n) is 2.81. The van der Waals surface area contributed by atoms with Crippen LogP contribution in [0.15, 0.2) is 61.1 Å². The molecule has 124 valence electrons. The molecule has 0 aliphatic heterocycles. The van der Waals surface area contributed by atoms with E-state index in [0.717, 1.165) is 31.7 Å². The molecule has 0 amide bonds. The van der Waals surface area contributed by atoms with Gasteiger partial charge in [-0.1, -0.05) is 37.3 Å². The lowest BCUT2D eigenvalue weighted by Gasteiger charge is -2.17. The Kier molecular flexibility index (Phi) is 5.39. The van der Waals surface area contributed by atoms with E-state index in [2.05, 4.69) is 65.4 Å². The minimum Gasteiger partial charge on any atom is -0.296 e. The maximum Gasteiger partial charge on any atom is 0.0659 e. The molecule has 0 saturated heterocycles. The van der Waals surface area contributed by atoms with Crippen molar-refractivity contribution in [2.75, 3.05) is 7.05 Å². The van der Waals surface area contributed by atoms with Crippen LogP contribution in [0, 0.1) is 0 Å². The highest BCUT2D eigenvalue weighted by molar-refractivity contribution is 5.24. The maximum absolute atomic E-state index is 4.55. The summed E-state index contributed by atoms with van der Waals surface area (Å²) >= 11 is 0. The van der Waals surface area contributed by atoms with Crippen molar-refractivity contribution in [3.8, 4) is 0 Å². The van der Waals surface area contributed by atoms with Gasteiger partial charge in [0.25, 0.3) is 0 Å². The van der Waals surface area contributed by atoms with Gasteiger partial charge in [0.1, 0.15) is 0 Å². The predicted octanol–water partition coefficient (Wildman–Crippen LogP) is 3.52. The van der Waals surface area contributed by atoms with Gasteiger partial charge >= 0.3 is 0 Å². The zero-order valence-electron chi connectivity index (χ0n) is 14.4. The molecule has 0 radical (unpaired) electrons. The summed E-state index contributed by atoms with van der Waals surface area (Å²) in [5, 5.41) is 4.27. The zero-order valence-corrected chi connectivity index (χ0v) is 14.4. The van der Waals surface area contributed by atoms with Crippen LogP contribution in [0.4, 0.5) is 0 Å². The molecular formula is C20H24N4. The summed E-state index contributed by atoms with van der Waals surface area (Å²) in [5.41, 5.74) is 4.98. The van der Waals surface area contributed by atoms with Crippen molar-refractivity contribution >= 4 is 0 Å². The van der Waals surface area contributed by atoms with Crippen molar-refractivity contribution < 1.29 is 0 Å². The topological polar surface area (TPSA) is 34.0 Å². The van der Waals surface area contributed by atoms with Crippen LogP contribution >= 0.6 is 0 Å². The van der Waals surface area contributed by atoms with Gasteiger partial charge in [0.15, 0.2) is 0 Å². The number of benzene rings is 1. The fourth-order valence-corrected chi connectivity index (χ4v) is 2.81. The normalized spacial score (nSPS) is 11.1. The van der Waals surface area contributed by atoms with E-state index in [1.807, 2.05) is 29.3 Å². The largest absolute Gasteiger partial charge is 0.296 e. The van der Waals surface area contributed by atoms with Gasteiger partial charge in [0.2, 0.25) is 0 Å². The molecule has 1 aromatic carbocycles. The summed E-state index contributed by atoms with van der Waals surface area (Å²) in [6.45, 7) is 4.72. The summed E-state index contributed by atoms with van der Waals surface area (Å²) < 4.78 is 1.95. The van der Waals surface area contributed by atoms with E-state index in [1.54, 1.807) is 0 Å². The van der Waals surface area contributed by atoms with Crippen LogP contribution < -0.4 is 0 Å². The van der Waals surface area contributed by atoms with Crippen LogP contribution in [-0.4, -0.2) is 26.7 Å². The van der Waals surface area contributed by atoms with Gasteiger partial charge in [0.05, 0.1) is 12.2 Å².